The number of halogens is 1. The van der Waals surface area contributed by atoms with E-state index in [1.807, 2.05) is 6.92 Å². The van der Waals surface area contributed by atoms with Gasteiger partial charge in [0.05, 0.1) is 19.1 Å². The maximum atomic E-state index is 14.3. The third-order valence-electron chi connectivity index (χ3n) is 4.86. The largest absolute Gasteiger partial charge is 0.495 e. The molecule has 0 aliphatic heterocycles. The predicted molar refractivity (Wildman–Crippen MR) is 114 cm³/mol. The Morgan fingerprint density at radius 3 is 2.53 bits per heavy atom. The first kappa shape index (κ1) is 23.5. The predicted octanol–water partition coefficient (Wildman–Crippen LogP) is 3.99. The topological polar surface area (TPSA) is 109 Å². The first-order valence-electron chi connectivity index (χ1n) is 9.42. The molecule has 1 amide bonds. The molecule has 162 valence electrons. The highest BCUT2D eigenvalue weighted by atomic mass is 32.2. The molecule has 9 heteroatoms. The molecule has 0 atom stereocenters. The van der Waals surface area contributed by atoms with Gasteiger partial charge in [-0.1, -0.05) is 13.3 Å². The Morgan fingerprint density at radius 2 is 1.97 bits per heavy atom. The van der Waals surface area contributed by atoms with Crippen LogP contribution < -0.4 is 10.1 Å². The first-order valence-corrected chi connectivity index (χ1v) is 11.1. The van der Waals surface area contributed by atoms with E-state index < -0.39 is 32.1 Å². The second kappa shape index (κ2) is 9.34. The number of carbonyl (C=O) groups excluding carboxylic acids is 1. The van der Waals surface area contributed by atoms with Crippen LogP contribution in [-0.2, 0) is 15.6 Å². The Bertz CT molecular complexity index is 1030. The van der Waals surface area contributed by atoms with Gasteiger partial charge in [0.1, 0.15) is 22.0 Å². The van der Waals surface area contributed by atoms with Crippen molar-refractivity contribution in [3.05, 3.63) is 53.6 Å². The molecule has 30 heavy (non-hydrogen) atoms. The molecule has 1 aromatic carbocycles. The van der Waals surface area contributed by atoms with Crippen LogP contribution in [0.1, 0.15) is 49.7 Å². The van der Waals surface area contributed by atoms with Crippen molar-refractivity contribution in [1.82, 2.24) is 4.98 Å². The van der Waals surface area contributed by atoms with E-state index in [4.69, 9.17) is 10.1 Å². The number of methoxy groups -OCH3 is 1. The molecule has 1 aromatic heterocycles. The summed E-state index contributed by atoms with van der Waals surface area (Å²) < 4.78 is 43.7. The van der Waals surface area contributed by atoms with E-state index in [1.54, 1.807) is 6.07 Å². The van der Waals surface area contributed by atoms with E-state index >= 15 is 0 Å². The Balaban J connectivity index is 2.24. The fourth-order valence-electron chi connectivity index (χ4n) is 2.72. The fourth-order valence-corrected chi connectivity index (χ4v) is 4.19. The zero-order valence-corrected chi connectivity index (χ0v) is 18.3. The number of carbonyl (C=O) groups is 1. The number of pyridine rings is 1. The standard InChI is InChI=1S/C21H26FN3O4S/c1-5-6-19(23)21(2,3)30(27,28)13-14-11-15(7-9-17(14)22)25-20(26)18-10-8-16(29-4)12-24-18/h7-12,23H,5-6,13H2,1-4H3,(H,25,26). The summed E-state index contributed by atoms with van der Waals surface area (Å²) in [5, 5.41) is 10.7. The molecule has 0 aliphatic carbocycles. The lowest BCUT2D eigenvalue weighted by molar-refractivity contribution is 0.102. The molecular weight excluding hydrogens is 409 g/mol. The van der Waals surface area contributed by atoms with E-state index in [0.29, 0.717) is 18.6 Å². The average Bonchev–Trinajstić information content (AvgIpc) is 2.70. The van der Waals surface area contributed by atoms with Crippen LogP contribution in [0.4, 0.5) is 10.1 Å². The minimum atomic E-state index is -3.87. The van der Waals surface area contributed by atoms with Crippen LogP contribution in [0, 0.1) is 11.2 Å². The lowest BCUT2D eigenvalue weighted by Gasteiger charge is -2.26. The maximum absolute atomic E-state index is 14.3. The van der Waals surface area contributed by atoms with E-state index in [-0.39, 0.29) is 22.7 Å². The second-order valence-electron chi connectivity index (χ2n) is 7.34. The van der Waals surface area contributed by atoms with Gasteiger partial charge in [0, 0.05) is 17.0 Å². The Labute approximate surface area is 176 Å². The molecule has 0 aliphatic rings. The number of benzene rings is 1. The van der Waals surface area contributed by atoms with Gasteiger partial charge in [0.15, 0.2) is 9.84 Å². The molecule has 0 saturated carbocycles. The highest BCUT2D eigenvalue weighted by Gasteiger charge is 2.38. The van der Waals surface area contributed by atoms with E-state index in [1.165, 1.54) is 45.4 Å². The van der Waals surface area contributed by atoms with Crippen LogP contribution in [0.5, 0.6) is 5.75 Å². The number of hydrogen-bond acceptors (Lipinski definition) is 6. The van der Waals surface area contributed by atoms with Crippen LogP contribution in [-0.4, -0.2) is 36.9 Å². The van der Waals surface area contributed by atoms with Crippen molar-refractivity contribution in [3.8, 4) is 5.75 Å². The highest BCUT2D eigenvalue weighted by molar-refractivity contribution is 7.92. The number of nitrogens with one attached hydrogen (secondary N) is 2. The summed E-state index contributed by atoms with van der Waals surface area (Å²) in [7, 11) is -2.38. The Hall–Kier alpha value is -2.81. The lowest BCUT2D eigenvalue weighted by Crippen LogP contribution is -2.41. The Morgan fingerprint density at radius 1 is 1.27 bits per heavy atom. The first-order chi connectivity index (χ1) is 14.0. The van der Waals surface area contributed by atoms with Gasteiger partial charge in [0.25, 0.3) is 5.91 Å². The minimum Gasteiger partial charge on any atom is -0.495 e. The number of nitrogens with zero attached hydrogens (tertiary/aromatic N) is 1. The van der Waals surface area contributed by atoms with Crippen molar-refractivity contribution in [1.29, 1.82) is 5.41 Å². The number of sulfone groups is 1. The molecule has 2 N–H and O–H groups in total. The zero-order valence-electron chi connectivity index (χ0n) is 17.5. The van der Waals surface area contributed by atoms with Crippen molar-refractivity contribution in [3.63, 3.8) is 0 Å². The summed E-state index contributed by atoms with van der Waals surface area (Å²) in [4.78, 5) is 16.3. The van der Waals surface area contributed by atoms with Crippen LogP contribution in [0.3, 0.4) is 0 Å². The second-order valence-corrected chi connectivity index (χ2v) is 9.88. The molecule has 0 saturated heterocycles. The molecule has 0 unspecified atom stereocenters. The number of amides is 1. The van der Waals surface area contributed by atoms with Crippen LogP contribution >= 0.6 is 0 Å². The van der Waals surface area contributed by atoms with Gasteiger partial charge in [-0.15, -0.1) is 0 Å². The van der Waals surface area contributed by atoms with Gasteiger partial charge in [-0.05, 0) is 50.6 Å². The number of hydrogen-bond donors (Lipinski definition) is 2. The SMILES string of the molecule is CCCC(=N)C(C)(C)S(=O)(=O)Cc1cc(NC(=O)c2ccc(OC)cn2)ccc1F. The number of aromatic nitrogens is 1. The molecular formula is C21H26FN3O4S. The molecule has 0 spiro atoms. The molecule has 0 bridgehead atoms. The smallest absolute Gasteiger partial charge is 0.274 e. The van der Waals surface area contributed by atoms with Crippen molar-refractivity contribution in [2.24, 2.45) is 0 Å². The minimum absolute atomic E-state index is 0.0761. The van der Waals surface area contributed by atoms with Gasteiger partial charge >= 0.3 is 0 Å². The summed E-state index contributed by atoms with van der Waals surface area (Å²) in [5.41, 5.74) is 0.377. The third kappa shape index (κ3) is 5.21. The summed E-state index contributed by atoms with van der Waals surface area (Å²) in [5.74, 6) is -1.31. The monoisotopic (exact) mass is 435 g/mol. The van der Waals surface area contributed by atoms with Gasteiger partial charge in [-0.25, -0.2) is 17.8 Å². The van der Waals surface area contributed by atoms with Crippen molar-refractivity contribution in [2.45, 2.75) is 44.1 Å². The Kier molecular flexibility index (Phi) is 7.30. The van der Waals surface area contributed by atoms with Crippen molar-refractivity contribution < 1.29 is 22.3 Å². The molecule has 0 fully saturated rings. The average molecular weight is 436 g/mol. The van der Waals surface area contributed by atoms with E-state index in [0.717, 1.165) is 6.07 Å². The number of rotatable bonds is 9. The van der Waals surface area contributed by atoms with Crippen LogP contribution in [0.25, 0.3) is 0 Å². The fraction of sp³-hybridized carbons (Fsp3) is 0.381. The van der Waals surface area contributed by atoms with Gasteiger partial charge in [-0.2, -0.15) is 0 Å². The number of ether oxygens (including phenoxy) is 1. The van der Waals surface area contributed by atoms with Gasteiger partial charge < -0.3 is 15.5 Å². The molecule has 0 radical (unpaired) electrons. The van der Waals surface area contributed by atoms with Crippen LogP contribution in [0.15, 0.2) is 36.5 Å². The zero-order chi connectivity index (χ0) is 22.5. The van der Waals surface area contributed by atoms with E-state index in [2.05, 4.69) is 10.3 Å². The molecule has 7 nitrogen and oxygen atoms in total. The maximum Gasteiger partial charge on any atom is 0.274 e. The quantitative estimate of drug-likeness (QED) is 0.579. The van der Waals surface area contributed by atoms with Gasteiger partial charge in [0.2, 0.25) is 0 Å². The van der Waals surface area contributed by atoms with E-state index in [9.17, 15) is 17.6 Å². The van der Waals surface area contributed by atoms with Crippen LogP contribution in [0.2, 0.25) is 0 Å². The third-order valence-corrected chi connectivity index (χ3v) is 7.35. The molecule has 1 heterocycles. The number of anilines is 1. The molecule has 2 rings (SSSR count). The van der Waals surface area contributed by atoms with Gasteiger partial charge in [-0.3, -0.25) is 4.79 Å². The summed E-state index contributed by atoms with van der Waals surface area (Å²) in [6.07, 6.45) is 2.39. The summed E-state index contributed by atoms with van der Waals surface area (Å²) >= 11 is 0. The summed E-state index contributed by atoms with van der Waals surface area (Å²) in [6.45, 7) is 4.78. The highest BCUT2D eigenvalue weighted by Crippen LogP contribution is 2.27. The normalized spacial score (nSPS) is 11.8. The van der Waals surface area contributed by atoms with Crippen molar-refractivity contribution in [2.75, 3.05) is 12.4 Å². The lowest BCUT2D eigenvalue weighted by atomic mass is 10.0. The molecule has 2 aromatic rings. The van der Waals surface area contributed by atoms with Crippen molar-refractivity contribution >= 4 is 27.1 Å². The summed E-state index contributed by atoms with van der Waals surface area (Å²) in [6, 6.07) is 6.79.